The summed E-state index contributed by atoms with van der Waals surface area (Å²) in [5, 5.41) is 8.30. The maximum atomic E-state index is 12.6. The molecule has 2 heterocycles. The van der Waals surface area contributed by atoms with E-state index in [0.29, 0.717) is 6.42 Å². The Bertz CT molecular complexity index is 924. The number of nitrogens with one attached hydrogen (secondary N) is 1. The number of aryl methyl sites for hydroxylation is 3. The van der Waals surface area contributed by atoms with Crippen LogP contribution >= 0.6 is 11.3 Å². The Balaban J connectivity index is 1.75. The van der Waals surface area contributed by atoms with Gasteiger partial charge in [-0.25, -0.2) is 4.98 Å². The number of benzene rings is 1. The fourth-order valence-corrected chi connectivity index (χ4v) is 3.94. The molecule has 0 aliphatic carbocycles. The van der Waals surface area contributed by atoms with Crippen LogP contribution < -0.4 is 5.32 Å². The normalized spacial score (nSPS) is 12.2. The third-order valence-electron chi connectivity index (χ3n) is 4.57. The average molecular weight is 369 g/mol. The molecule has 0 unspecified atom stereocenters. The quantitative estimate of drug-likeness (QED) is 0.743. The highest BCUT2D eigenvalue weighted by atomic mass is 32.1. The van der Waals surface area contributed by atoms with Crippen molar-refractivity contribution in [1.82, 2.24) is 20.1 Å². The van der Waals surface area contributed by atoms with Gasteiger partial charge in [0, 0.05) is 28.7 Å². The molecule has 0 bridgehead atoms. The summed E-state index contributed by atoms with van der Waals surface area (Å²) in [6.45, 7) is 8.03. The first-order valence-corrected chi connectivity index (χ1v) is 9.48. The monoisotopic (exact) mass is 368 g/mol. The number of aromatic nitrogens is 3. The number of carbonyl (C=O) groups excluding carboxylic acids is 1. The zero-order chi connectivity index (χ0) is 18.8. The van der Waals surface area contributed by atoms with Crippen molar-refractivity contribution in [1.29, 1.82) is 0 Å². The lowest BCUT2D eigenvalue weighted by Crippen LogP contribution is -2.28. The second-order valence-corrected chi connectivity index (χ2v) is 7.93. The van der Waals surface area contributed by atoms with Crippen LogP contribution in [0.3, 0.4) is 0 Å². The predicted molar refractivity (Wildman–Crippen MR) is 105 cm³/mol. The highest BCUT2D eigenvalue weighted by Crippen LogP contribution is 2.29. The largest absolute Gasteiger partial charge is 0.349 e. The molecule has 0 saturated heterocycles. The van der Waals surface area contributed by atoms with Gasteiger partial charge in [-0.2, -0.15) is 5.10 Å². The molecule has 0 saturated carbocycles. The van der Waals surface area contributed by atoms with Gasteiger partial charge >= 0.3 is 0 Å². The third kappa shape index (κ3) is 3.85. The second kappa shape index (κ2) is 7.41. The molecule has 2 aromatic heterocycles. The van der Waals surface area contributed by atoms with Gasteiger partial charge in [-0.1, -0.05) is 29.8 Å². The average Bonchev–Trinajstić information content (AvgIpc) is 3.11. The van der Waals surface area contributed by atoms with Gasteiger partial charge in [0.25, 0.3) is 0 Å². The molecule has 136 valence electrons. The van der Waals surface area contributed by atoms with Crippen LogP contribution in [-0.4, -0.2) is 20.7 Å². The van der Waals surface area contributed by atoms with Crippen LogP contribution in [0.15, 0.2) is 30.5 Å². The lowest BCUT2D eigenvalue weighted by Gasteiger charge is -2.13. The van der Waals surface area contributed by atoms with Gasteiger partial charge in [-0.05, 0) is 27.7 Å². The number of hydrogen-bond acceptors (Lipinski definition) is 4. The lowest BCUT2D eigenvalue weighted by atomic mass is 10.1. The molecule has 5 nitrogen and oxygen atoms in total. The third-order valence-corrected chi connectivity index (χ3v) is 5.54. The van der Waals surface area contributed by atoms with Crippen molar-refractivity contribution in [3.8, 4) is 11.3 Å². The number of rotatable bonds is 5. The van der Waals surface area contributed by atoms with Gasteiger partial charge in [0.1, 0.15) is 0 Å². The minimum atomic E-state index is -0.0759. The van der Waals surface area contributed by atoms with Crippen LogP contribution in [0.1, 0.15) is 39.7 Å². The molecule has 1 amide bonds. The van der Waals surface area contributed by atoms with E-state index in [-0.39, 0.29) is 11.9 Å². The van der Waals surface area contributed by atoms with Crippen molar-refractivity contribution in [3.05, 3.63) is 57.2 Å². The molecule has 6 heteroatoms. The van der Waals surface area contributed by atoms with Crippen molar-refractivity contribution in [2.45, 2.75) is 40.2 Å². The summed E-state index contributed by atoms with van der Waals surface area (Å²) in [5.41, 5.74) is 5.28. The Labute approximate surface area is 158 Å². The highest BCUT2D eigenvalue weighted by Gasteiger charge is 2.18. The number of amides is 1. The Hall–Kier alpha value is -2.47. The zero-order valence-electron chi connectivity index (χ0n) is 15.8. The molecular weight excluding hydrogens is 344 g/mol. The van der Waals surface area contributed by atoms with Crippen LogP contribution in [0.5, 0.6) is 0 Å². The van der Waals surface area contributed by atoms with E-state index >= 15 is 0 Å². The Kier molecular flexibility index (Phi) is 5.23. The van der Waals surface area contributed by atoms with Crippen LogP contribution in [-0.2, 0) is 18.3 Å². The van der Waals surface area contributed by atoms with Crippen molar-refractivity contribution < 1.29 is 4.79 Å². The summed E-state index contributed by atoms with van der Waals surface area (Å²) in [6.07, 6.45) is 2.15. The number of carbonyl (C=O) groups is 1. The van der Waals surface area contributed by atoms with Gasteiger partial charge in [0.2, 0.25) is 5.91 Å². The fourth-order valence-electron chi connectivity index (χ4n) is 2.98. The molecular formula is C20H24N4OS. The van der Waals surface area contributed by atoms with E-state index in [1.807, 2.05) is 38.7 Å². The van der Waals surface area contributed by atoms with Gasteiger partial charge in [-0.15, -0.1) is 11.3 Å². The van der Waals surface area contributed by atoms with E-state index in [2.05, 4.69) is 46.6 Å². The number of hydrogen-bond donors (Lipinski definition) is 1. The van der Waals surface area contributed by atoms with Crippen molar-refractivity contribution in [3.63, 3.8) is 0 Å². The van der Waals surface area contributed by atoms with Gasteiger partial charge < -0.3 is 5.32 Å². The first kappa shape index (κ1) is 18.3. The molecule has 26 heavy (non-hydrogen) atoms. The smallest absolute Gasteiger partial charge is 0.225 e. The minimum Gasteiger partial charge on any atom is -0.349 e. The molecule has 0 aliphatic heterocycles. The molecule has 1 N–H and O–H groups in total. The van der Waals surface area contributed by atoms with Crippen LogP contribution in [0.2, 0.25) is 0 Å². The van der Waals surface area contributed by atoms with Gasteiger partial charge in [0.05, 0.1) is 29.4 Å². The van der Waals surface area contributed by atoms with Gasteiger partial charge in [-0.3, -0.25) is 9.48 Å². The van der Waals surface area contributed by atoms with E-state index in [1.165, 1.54) is 5.56 Å². The van der Waals surface area contributed by atoms with E-state index in [4.69, 9.17) is 0 Å². The fraction of sp³-hybridized carbons (Fsp3) is 0.350. The van der Waals surface area contributed by atoms with Crippen LogP contribution in [0, 0.1) is 20.8 Å². The molecule has 0 fully saturated rings. The Morgan fingerprint density at radius 2 is 1.92 bits per heavy atom. The summed E-state index contributed by atoms with van der Waals surface area (Å²) in [5.74, 6) is -0.00207. The molecule has 1 atom stereocenters. The first-order chi connectivity index (χ1) is 12.3. The Morgan fingerprint density at radius 1 is 1.23 bits per heavy atom. The van der Waals surface area contributed by atoms with E-state index in [0.717, 1.165) is 32.4 Å². The topological polar surface area (TPSA) is 59.8 Å². The van der Waals surface area contributed by atoms with Crippen LogP contribution in [0.25, 0.3) is 11.3 Å². The maximum Gasteiger partial charge on any atom is 0.225 e. The molecule has 3 rings (SSSR count). The molecule has 3 aromatic rings. The highest BCUT2D eigenvalue weighted by molar-refractivity contribution is 7.12. The van der Waals surface area contributed by atoms with Crippen molar-refractivity contribution in [2.75, 3.05) is 0 Å². The number of thiazole rings is 1. The first-order valence-electron chi connectivity index (χ1n) is 8.66. The maximum absolute atomic E-state index is 12.6. The summed E-state index contributed by atoms with van der Waals surface area (Å²) in [6, 6.07) is 8.19. The molecule has 0 spiro atoms. The van der Waals surface area contributed by atoms with E-state index < -0.39 is 0 Å². The lowest BCUT2D eigenvalue weighted by molar-refractivity contribution is -0.121. The molecule has 0 radical (unpaired) electrons. The van der Waals surface area contributed by atoms with E-state index in [9.17, 15) is 4.79 Å². The molecule has 0 aliphatic rings. The summed E-state index contributed by atoms with van der Waals surface area (Å²) in [4.78, 5) is 18.2. The summed E-state index contributed by atoms with van der Waals surface area (Å²) >= 11 is 1.58. The van der Waals surface area contributed by atoms with E-state index in [1.54, 1.807) is 11.3 Å². The van der Waals surface area contributed by atoms with Crippen LogP contribution in [0.4, 0.5) is 0 Å². The zero-order valence-corrected chi connectivity index (χ0v) is 16.6. The minimum absolute atomic E-state index is 0.00207. The standard InChI is InChI=1S/C20H24N4OS/c1-12-6-8-16(9-7-12)20-18(26-15(4)23-20)10-19(25)22-13(2)17-11-21-24(5)14(17)3/h6-9,11,13H,10H2,1-5H3,(H,22,25)/t13-/m1/s1. The predicted octanol–water partition coefficient (Wildman–Crippen LogP) is 3.89. The second-order valence-electron chi connectivity index (χ2n) is 6.65. The van der Waals surface area contributed by atoms with Crippen molar-refractivity contribution >= 4 is 17.2 Å². The van der Waals surface area contributed by atoms with Crippen molar-refractivity contribution in [2.24, 2.45) is 7.05 Å². The summed E-state index contributed by atoms with van der Waals surface area (Å²) < 4.78 is 1.82. The number of nitrogens with zero attached hydrogens (tertiary/aromatic N) is 3. The summed E-state index contributed by atoms with van der Waals surface area (Å²) in [7, 11) is 1.90. The molecule has 1 aromatic carbocycles. The van der Waals surface area contributed by atoms with Gasteiger partial charge in [0.15, 0.2) is 0 Å². The Morgan fingerprint density at radius 3 is 2.54 bits per heavy atom. The SMILES string of the molecule is Cc1ccc(-c2nc(C)sc2CC(=O)N[C@H](C)c2cnn(C)c2C)cc1.